The third kappa shape index (κ3) is 5.99. The number of ether oxygens (including phenoxy) is 1. The Morgan fingerprint density at radius 2 is 2.05 bits per heavy atom. The zero-order chi connectivity index (χ0) is 15.1. The fourth-order valence-electron chi connectivity index (χ4n) is 2.75. The predicted molar refractivity (Wildman–Crippen MR) is 93.9 cm³/mol. The van der Waals surface area contributed by atoms with E-state index >= 15 is 0 Å². The van der Waals surface area contributed by atoms with Crippen LogP contribution in [0.15, 0.2) is 36.9 Å². The smallest absolute Gasteiger partial charge is 0.122 e. The van der Waals surface area contributed by atoms with Crippen LogP contribution in [-0.4, -0.2) is 42.4 Å². The van der Waals surface area contributed by atoms with E-state index in [0.29, 0.717) is 13.2 Å². The standard InChI is InChI=1S/C18H27NO2.ClH/c1-3-6-16-7-4-5-8-18(16)21-14-17(20)13-19-11-9-15(2)10-12-19;/h3-5,7-8,15,17,20H,1,6,9-14H2,2H3;1H. The summed E-state index contributed by atoms with van der Waals surface area (Å²) in [6.45, 7) is 9.29. The van der Waals surface area contributed by atoms with Crippen molar-refractivity contribution in [3.63, 3.8) is 0 Å². The average molecular weight is 326 g/mol. The van der Waals surface area contributed by atoms with E-state index in [2.05, 4.69) is 18.4 Å². The van der Waals surface area contributed by atoms with Gasteiger partial charge in [-0.05, 0) is 49.9 Å². The fourth-order valence-corrected chi connectivity index (χ4v) is 2.75. The maximum absolute atomic E-state index is 10.2. The number of likely N-dealkylation sites (tertiary alicyclic amines) is 1. The molecule has 1 aromatic rings. The first kappa shape index (κ1) is 19.0. The van der Waals surface area contributed by atoms with Crippen LogP contribution in [0.1, 0.15) is 25.3 Å². The number of hydrogen-bond donors (Lipinski definition) is 1. The Labute approximate surface area is 140 Å². The molecular formula is C18H28ClNO2. The lowest BCUT2D eigenvalue weighted by Gasteiger charge is -2.31. The van der Waals surface area contributed by atoms with Gasteiger partial charge in [-0.1, -0.05) is 31.2 Å². The molecule has 1 heterocycles. The van der Waals surface area contributed by atoms with Gasteiger partial charge in [-0.25, -0.2) is 0 Å². The maximum atomic E-state index is 10.2. The zero-order valence-corrected chi connectivity index (χ0v) is 14.2. The van der Waals surface area contributed by atoms with Gasteiger partial charge < -0.3 is 14.7 Å². The lowest BCUT2D eigenvalue weighted by Crippen LogP contribution is -2.40. The normalized spacial score (nSPS) is 17.5. The summed E-state index contributed by atoms with van der Waals surface area (Å²) in [7, 11) is 0. The molecule has 1 saturated heterocycles. The summed E-state index contributed by atoms with van der Waals surface area (Å²) in [5, 5.41) is 10.2. The largest absolute Gasteiger partial charge is 0.491 e. The Bertz CT molecular complexity index is 444. The monoisotopic (exact) mass is 325 g/mol. The molecule has 1 unspecified atom stereocenters. The van der Waals surface area contributed by atoms with Crippen LogP contribution in [0.4, 0.5) is 0 Å². The number of benzene rings is 1. The Balaban J connectivity index is 0.00000242. The minimum atomic E-state index is -0.435. The van der Waals surface area contributed by atoms with Gasteiger partial charge in [-0.3, -0.25) is 0 Å². The van der Waals surface area contributed by atoms with Gasteiger partial charge in [0.15, 0.2) is 0 Å². The summed E-state index contributed by atoms with van der Waals surface area (Å²) in [5.74, 6) is 1.67. The molecule has 0 amide bonds. The zero-order valence-electron chi connectivity index (χ0n) is 13.4. The van der Waals surface area contributed by atoms with E-state index in [1.165, 1.54) is 12.8 Å². The molecule has 1 fully saturated rings. The minimum Gasteiger partial charge on any atom is -0.491 e. The molecule has 0 spiro atoms. The van der Waals surface area contributed by atoms with Crippen LogP contribution < -0.4 is 4.74 Å². The Morgan fingerprint density at radius 1 is 1.36 bits per heavy atom. The van der Waals surface area contributed by atoms with E-state index in [9.17, 15) is 5.11 Å². The van der Waals surface area contributed by atoms with E-state index < -0.39 is 6.10 Å². The van der Waals surface area contributed by atoms with Gasteiger partial charge >= 0.3 is 0 Å². The van der Waals surface area contributed by atoms with Crippen molar-refractivity contribution in [1.29, 1.82) is 0 Å². The van der Waals surface area contributed by atoms with Crippen LogP contribution in [0.2, 0.25) is 0 Å². The second-order valence-electron chi connectivity index (χ2n) is 6.05. The van der Waals surface area contributed by atoms with Crippen LogP contribution in [0.3, 0.4) is 0 Å². The number of aliphatic hydroxyl groups excluding tert-OH is 1. The highest BCUT2D eigenvalue weighted by atomic mass is 35.5. The van der Waals surface area contributed by atoms with Crippen LogP contribution in [-0.2, 0) is 6.42 Å². The number of β-amino-alcohol motifs (C(OH)–C–C–N with tert-alkyl or cyclic N) is 1. The van der Waals surface area contributed by atoms with Crippen LogP contribution >= 0.6 is 12.4 Å². The highest BCUT2D eigenvalue weighted by Crippen LogP contribution is 2.19. The number of nitrogens with zero attached hydrogens (tertiary/aromatic N) is 1. The van der Waals surface area contributed by atoms with Crippen molar-refractivity contribution in [3.8, 4) is 5.75 Å². The van der Waals surface area contributed by atoms with Gasteiger partial charge in [-0.2, -0.15) is 0 Å². The van der Waals surface area contributed by atoms with Crippen molar-refractivity contribution in [2.24, 2.45) is 5.92 Å². The second kappa shape index (κ2) is 9.88. The van der Waals surface area contributed by atoms with E-state index in [4.69, 9.17) is 4.74 Å². The minimum absolute atomic E-state index is 0. The molecule has 0 aromatic heterocycles. The number of hydrogen-bond acceptors (Lipinski definition) is 3. The first-order chi connectivity index (χ1) is 10.2. The summed E-state index contributed by atoms with van der Waals surface area (Å²) >= 11 is 0. The molecule has 0 bridgehead atoms. The van der Waals surface area contributed by atoms with Gasteiger partial charge in [0.1, 0.15) is 18.5 Å². The predicted octanol–water partition coefficient (Wildman–Crippen LogP) is 3.31. The molecule has 1 aromatic carbocycles. The van der Waals surface area contributed by atoms with Crippen molar-refractivity contribution in [1.82, 2.24) is 4.90 Å². The molecule has 1 atom stereocenters. The Kier molecular flexibility index (Phi) is 8.54. The first-order valence-corrected chi connectivity index (χ1v) is 7.91. The highest BCUT2D eigenvalue weighted by molar-refractivity contribution is 5.85. The van der Waals surface area contributed by atoms with Crippen LogP contribution in [0.25, 0.3) is 0 Å². The average Bonchev–Trinajstić information content (AvgIpc) is 2.49. The van der Waals surface area contributed by atoms with Crippen molar-refractivity contribution in [2.45, 2.75) is 32.3 Å². The van der Waals surface area contributed by atoms with Crippen molar-refractivity contribution in [2.75, 3.05) is 26.2 Å². The molecule has 0 saturated carbocycles. The second-order valence-corrected chi connectivity index (χ2v) is 6.05. The molecular weight excluding hydrogens is 298 g/mol. The van der Waals surface area contributed by atoms with Gasteiger partial charge in [0.05, 0.1) is 0 Å². The molecule has 1 aliphatic heterocycles. The Hall–Kier alpha value is -1.03. The van der Waals surface area contributed by atoms with E-state index in [0.717, 1.165) is 36.7 Å². The summed E-state index contributed by atoms with van der Waals surface area (Å²) in [4.78, 5) is 2.34. The van der Waals surface area contributed by atoms with Crippen molar-refractivity contribution >= 4 is 12.4 Å². The number of aliphatic hydroxyl groups is 1. The molecule has 124 valence electrons. The summed E-state index contributed by atoms with van der Waals surface area (Å²) in [5.41, 5.74) is 1.12. The van der Waals surface area contributed by atoms with Gasteiger partial charge in [0, 0.05) is 6.54 Å². The van der Waals surface area contributed by atoms with Gasteiger partial charge in [0.2, 0.25) is 0 Å². The molecule has 0 aliphatic carbocycles. The molecule has 22 heavy (non-hydrogen) atoms. The fraction of sp³-hybridized carbons (Fsp3) is 0.556. The molecule has 4 heteroatoms. The van der Waals surface area contributed by atoms with Gasteiger partial charge in [-0.15, -0.1) is 19.0 Å². The number of halogens is 1. The SMILES string of the molecule is C=CCc1ccccc1OCC(O)CN1CCC(C)CC1.Cl. The van der Waals surface area contributed by atoms with E-state index in [-0.39, 0.29) is 12.4 Å². The summed E-state index contributed by atoms with van der Waals surface area (Å²) in [6, 6.07) is 7.95. The molecule has 1 aliphatic rings. The third-order valence-electron chi connectivity index (χ3n) is 4.11. The number of para-hydroxylation sites is 1. The maximum Gasteiger partial charge on any atom is 0.122 e. The van der Waals surface area contributed by atoms with E-state index in [1.54, 1.807) is 0 Å². The van der Waals surface area contributed by atoms with Crippen LogP contribution in [0, 0.1) is 5.92 Å². The number of piperidine rings is 1. The van der Waals surface area contributed by atoms with Crippen LogP contribution in [0.5, 0.6) is 5.75 Å². The van der Waals surface area contributed by atoms with Crippen molar-refractivity contribution in [3.05, 3.63) is 42.5 Å². The highest BCUT2D eigenvalue weighted by Gasteiger charge is 2.18. The number of rotatable bonds is 7. The molecule has 1 N–H and O–H groups in total. The van der Waals surface area contributed by atoms with E-state index in [1.807, 2.05) is 30.3 Å². The van der Waals surface area contributed by atoms with Crippen molar-refractivity contribution < 1.29 is 9.84 Å². The lowest BCUT2D eigenvalue weighted by molar-refractivity contribution is 0.0560. The number of allylic oxidation sites excluding steroid dienone is 1. The third-order valence-corrected chi connectivity index (χ3v) is 4.11. The molecule has 0 radical (unpaired) electrons. The lowest BCUT2D eigenvalue weighted by atomic mass is 9.99. The molecule has 3 nitrogen and oxygen atoms in total. The Morgan fingerprint density at radius 3 is 2.73 bits per heavy atom. The summed E-state index contributed by atoms with van der Waals surface area (Å²) < 4.78 is 5.79. The molecule has 2 rings (SSSR count). The first-order valence-electron chi connectivity index (χ1n) is 7.91. The quantitative estimate of drug-likeness (QED) is 0.781. The topological polar surface area (TPSA) is 32.7 Å². The van der Waals surface area contributed by atoms with Gasteiger partial charge in [0.25, 0.3) is 0 Å². The summed E-state index contributed by atoms with van der Waals surface area (Å²) in [6.07, 6.45) is 4.69.